The second-order valence-corrected chi connectivity index (χ2v) is 10.5. The molecule has 39 heavy (non-hydrogen) atoms. The third-order valence-electron chi connectivity index (χ3n) is 7.08. The second-order valence-electron chi connectivity index (χ2n) is 10.5. The number of nitrogens with one attached hydrogen (secondary N) is 3. The van der Waals surface area contributed by atoms with Gasteiger partial charge in [0, 0.05) is 50.4 Å². The van der Waals surface area contributed by atoms with E-state index >= 15 is 0 Å². The number of fused-ring (bicyclic) bond motifs is 2. The Morgan fingerprint density at radius 2 is 1.79 bits per heavy atom. The van der Waals surface area contributed by atoms with Gasteiger partial charge in [-0.2, -0.15) is 0 Å². The van der Waals surface area contributed by atoms with Crippen LogP contribution in [-0.4, -0.2) is 75.2 Å². The van der Waals surface area contributed by atoms with Gasteiger partial charge in [0.15, 0.2) is 0 Å². The number of hydrogen-bond acceptors (Lipinski definition) is 8. The van der Waals surface area contributed by atoms with Gasteiger partial charge in [-0.25, -0.2) is 0 Å². The van der Waals surface area contributed by atoms with Crippen LogP contribution in [0, 0.1) is 11.8 Å². The zero-order valence-electron chi connectivity index (χ0n) is 24.3. The number of carbonyl (C=O) groups is 3. The fourth-order valence-corrected chi connectivity index (χ4v) is 4.81. The number of Topliss-reactive ketones (excluding diaryl/α,β-unsaturated/α-hetero) is 1. The molecule has 0 aromatic heterocycles. The quantitative estimate of drug-likeness (QED) is 0.229. The number of amides is 1. The molecule has 9 heteroatoms. The molecule has 0 aromatic rings. The SMILES string of the molecule is CNCCNC1=C2C[C@@H](C)C[C@H](OC)[C@H](O)[C@@H](C)/C=C(\C)C[C@H](OC)/C=C/C=C(/C)C(=O)NC(=CC1=O)C2=O. The Balaban J connectivity index is 2.51. The Bertz CT molecular complexity index is 1050. The average Bonchev–Trinajstić information content (AvgIpc) is 2.89. The van der Waals surface area contributed by atoms with Crippen LogP contribution in [0.15, 0.2) is 58.5 Å². The van der Waals surface area contributed by atoms with Crippen LogP contribution in [0.3, 0.4) is 0 Å². The summed E-state index contributed by atoms with van der Waals surface area (Å²) >= 11 is 0. The molecule has 2 aliphatic rings. The first kappa shape index (κ1) is 32.4. The van der Waals surface area contributed by atoms with Gasteiger partial charge >= 0.3 is 0 Å². The minimum atomic E-state index is -0.766. The summed E-state index contributed by atoms with van der Waals surface area (Å²) in [4.78, 5) is 39.5. The van der Waals surface area contributed by atoms with Crippen molar-refractivity contribution in [2.24, 2.45) is 11.8 Å². The molecule has 0 fully saturated rings. The molecule has 0 aromatic carbocycles. The first-order valence-corrected chi connectivity index (χ1v) is 13.5. The Kier molecular flexibility index (Phi) is 13.0. The van der Waals surface area contributed by atoms with Crippen molar-refractivity contribution < 1.29 is 29.0 Å². The van der Waals surface area contributed by atoms with Gasteiger partial charge in [-0.05, 0) is 46.1 Å². The first-order valence-electron chi connectivity index (χ1n) is 13.5. The standard InChI is InChI=1S/C30H45N3O6/c1-18-13-21(4)28(35)26(39-7)16-19(2)15-23-27(32-12-11-31-5)25(34)17-24(29(23)36)33-30(37)20(3)9-8-10-22(14-18)38-6/h8-10,13,17,19,21-22,26,28,31-32,35H,11-12,14-16H2,1-7H3,(H,33,37)/b10-8+,18-13+,20-9-/t19-,21+,22-,26+,28-/m1/s1. The van der Waals surface area contributed by atoms with Crippen molar-refractivity contribution in [3.8, 4) is 0 Å². The van der Waals surface area contributed by atoms with Gasteiger partial charge in [-0.15, -0.1) is 0 Å². The van der Waals surface area contributed by atoms with E-state index in [9.17, 15) is 19.5 Å². The minimum absolute atomic E-state index is 0.0486. The van der Waals surface area contributed by atoms with Crippen molar-refractivity contribution in [2.45, 2.75) is 65.3 Å². The summed E-state index contributed by atoms with van der Waals surface area (Å²) in [5, 5.41) is 19.9. The van der Waals surface area contributed by atoms with Crippen LogP contribution in [0.5, 0.6) is 0 Å². The van der Waals surface area contributed by atoms with Gasteiger partial charge in [0.2, 0.25) is 11.6 Å². The number of allylic oxidation sites excluding steroid dienone is 4. The molecular formula is C30H45N3O6. The van der Waals surface area contributed by atoms with Crippen LogP contribution in [0.2, 0.25) is 0 Å². The summed E-state index contributed by atoms with van der Waals surface area (Å²) in [5.74, 6) is -1.51. The highest BCUT2D eigenvalue weighted by atomic mass is 16.5. The maximum Gasteiger partial charge on any atom is 0.251 e. The molecule has 2 bridgehead atoms. The number of ketones is 2. The fourth-order valence-electron chi connectivity index (χ4n) is 4.81. The number of rotatable bonds is 6. The highest BCUT2D eigenvalue weighted by Crippen LogP contribution is 2.28. The molecule has 1 heterocycles. The topological polar surface area (TPSA) is 126 Å². The van der Waals surface area contributed by atoms with Crippen LogP contribution in [0.1, 0.15) is 47.0 Å². The van der Waals surface area contributed by atoms with Gasteiger partial charge in [-0.3, -0.25) is 14.4 Å². The largest absolute Gasteiger partial charge is 0.390 e. The summed E-state index contributed by atoms with van der Waals surface area (Å²) < 4.78 is 11.3. The lowest BCUT2D eigenvalue weighted by Gasteiger charge is -2.29. The molecule has 0 radical (unpaired) electrons. The minimum Gasteiger partial charge on any atom is -0.390 e. The zero-order valence-corrected chi connectivity index (χ0v) is 24.3. The Morgan fingerprint density at radius 1 is 1.08 bits per heavy atom. The maximum atomic E-state index is 13.6. The Morgan fingerprint density at radius 3 is 2.44 bits per heavy atom. The molecule has 1 amide bonds. The van der Waals surface area contributed by atoms with E-state index in [1.165, 1.54) is 6.08 Å². The molecule has 1 aliphatic heterocycles. The zero-order chi connectivity index (χ0) is 29.1. The number of hydrogen-bond donors (Lipinski definition) is 4. The highest BCUT2D eigenvalue weighted by molar-refractivity contribution is 6.23. The van der Waals surface area contributed by atoms with Crippen LogP contribution >= 0.6 is 0 Å². The molecule has 216 valence electrons. The lowest BCUT2D eigenvalue weighted by molar-refractivity contribution is -0.120. The molecule has 1 aliphatic carbocycles. The van der Waals surface area contributed by atoms with Crippen LogP contribution in [0.4, 0.5) is 0 Å². The van der Waals surface area contributed by atoms with Gasteiger partial charge in [0.25, 0.3) is 5.91 Å². The smallest absolute Gasteiger partial charge is 0.251 e. The van der Waals surface area contributed by atoms with Crippen molar-refractivity contribution in [2.75, 3.05) is 34.4 Å². The van der Waals surface area contributed by atoms with Crippen LogP contribution in [0.25, 0.3) is 0 Å². The Labute approximate surface area is 232 Å². The average molecular weight is 544 g/mol. The summed E-state index contributed by atoms with van der Waals surface area (Å²) in [5.41, 5.74) is 1.95. The molecule has 2 rings (SSSR count). The lowest BCUT2D eigenvalue weighted by Crippen LogP contribution is -2.38. The van der Waals surface area contributed by atoms with Crippen molar-refractivity contribution >= 4 is 17.5 Å². The Hall–Kier alpha value is -2.85. The van der Waals surface area contributed by atoms with E-state index in [0.29, 0.717) is 37.1 Å². The first-order chi connectivity index (χ1) is 18.5. The molecule has 0 saturated carbocycles. The summed E-state index contributed by atoms with van der Waals surface area (Å²) in [6, 6.07) is 0. The van der Waals surface area contributed by atoms with E-state index in [0.717, 1.165) is 5.57 Å². The monoisotopic (exact) mass is 543 g/mol. The van der Waals surface area contributed by atoms with E-state index in [4.69, 9.17) is 9.47 Å². The molecule has 0 spiro atoms. The van der Waals surface area contributed by atoms with Crippen molar-refractivity contribution in [1.82, 2.24) is 16.0 Å². The van der Waals surface area contributed by atoms with E-state index in [1.807, 2.05) is 32.9 Å². The second kappa shape index (κ2) is 15.7. The molecule has 5 atom stereocenters. The molecule has 0 saturated heterocycles. The van der Waals surface area contributed by atoms with E-state index in [-0.39, 0.29) is 41.5 Å². The summed E-state index contributed by atoms with van der Waals surface area (Å²) in [6.07, 6.45) is 8.35. The highest BCUT2D eigenvalue weighted by Gasteiger charge is 2.32. The predicted molar refractivity (Wildman–Crippen MR) is 152 cm³/mol. The van der Waals surface area contributed by atoms with Crippen molar-refractivity contribution in [1.29, 1.82) is 0 Å². The predicted octanol–water partition coefficient (Wildman–Crippen LogP) is 2.50. The summed E-state index contributed by atoms with van der Waals surface area (Å²) in [6.45, 7) is 8.60. The number of ether oxygens (including phenoxy) is 2. The third kappa shape index (κ3) is 9.39. The van der Waals surface area contributed by atoms with Gasteiger partial charge in [-0.1, -0.05) is 43.7 Å². The maximum absolute atomic E-state index is 13.6. The van der Waals surface area contributed by atoms with Crippen LogP contribution < -0.4 is 16.0 Å². The molecular weight excluding hydrogens is 498 g/mol. The van der Waals surface area contributed by atoms with Crippen molar-refractivity contribution in [3.63, 3.8) is 0 Å². The number of carbonyl (C=O) groups excluding carboxylic acids is 3. The van der Waals surface area contributed by atoms with Gasteiger partial charge in [0.05, 0.1) is 29.7 Å². The fraction of sp³-hybridized carbons (Fsp3) is 0.567. The van der Waals surface area contributed by atoms with E-state index in [2.05, 4.69) is 16.0 Å². The number of methoxy groups -OCH3 is 2. The third-order valence-corrected chi connectivity index (χ3v) is 7.08. The molecule has 0 unspecified atom stereocenters. The van der Waals surface area contributed by atoms with E-state index < -0.39 is 23.9 Å². The van der Waals surface area contributed by atoms with Crippen LogP contribution in [-0.2, 0) is 23.9 Å². The number of aliphatic hydroxyl groups is 1. The molecule has 9 nitrogen and oxygen atoms in total. The number of likely N-dealkylation sites (N-methyl/N-ethyl adjacent to an activating group) is 1. The lowest BCUT2D eigenvalue weighted by atomic mass is 9.85. The molecule has 4 N–H and O–H groups in total. The van der Waals surface area contributed by atoms with Crippen molar-refractivity contribution in [3.05, 3.63) is 58.5 Å². The van der Waals surface area contributed by atoms with Gasteiger partial charge in [0.1, 0.15) is 0 Å². The normalized spacial score (nSPS) is 31.5. The number of aliphatic hydroxyl groups excluding tert-OH is 1. The summed E-state index contributed by atoms with van der Waals surface area (Å²) in [7, 11) is 4.98. The van der Waals surface area contributed by atoms with Gasteiger partial charge < -0.3 is 30.5 Å². The van der Waals surface area contributed by atoms with E-state index in [1.54, 1.807) is 40.3 Å².